The fourth-order valence-electron chi connectivity index (χ4n) is 2.85. The highest BCUT2D eigenvalue weighted by molar-refractivity contribution is 6.54. The smallest absolute Gasteiger partial charge is 0.400 e. The lowest BCUT2D eigenvalue weighted by atomic mass is 9.66. The third-order valence-electron chi connectivity index (χ3n) is 5.23. The van der Waals surface area contributed by atoms with Crippen molar-refractivity contribution in [3.05, 3.63) is 11.5 Å². The predicted octanol–water partition coefficient (Wildman–Crippen LogP) is 4.39. The maximum absolute atomic E-state index is 6.13. The van der Waals surface area contributed by atoms with Gasteiger partial charge in [-0.15, -0.1) is 0 Å². The topological polar surface area (TPSA) is 18.5 Å². The maximum atomic E-state index is 6.13. The van der Waals surface area contributed by atoms with E-state index in [4.69, 9.17) is 9.31 Å². The third kappa shape index (κ3) is 2.92. The van der Waals surface area contributed by atoms with E-state index in [9.17, 15) is 0 Å². The van der Waals surface area contributed by atoms with E-state index in [0.29, 0.717) is 5.41 Å². The largest absolute Gasteiger partial charge is 0.490 e. The molecule has 0 aromatic heterocycles. The van der Waals surface area contributed by atoms with E-state index in [2.05, 4.69) is 54.5 Å². The molecule has 1 unspecified atom stereocenters. The lowest BCUT2D eigenvalue weighted by molar-refractivity contribution is 0.00578. The van der Waals surface area contributed by atoms with Gasteiger partial charge in [-0.05, 0) is 63.8 Å². The fourth-order valence-corrected chi connectivity index (χ4v) is 2.85. The Balaban J connectivity index is 2.05. The second-order valence-corrected chi connectivity index (χ2v) is 8.20. The van der Waals surface area contributed by atoms with Crippen molar-refractivity contribution >= 4 is 7.12 Å². The molecule has 19 heavy (non-hydrogen) atoms. The summed E-state index contributed by atoms with van der Waals surface area (Å²) in [6.45, 7) is 15.5. The van der Waals surface area contributed by atoms with Gasteiger partial charge in [0.2, 0.25) is 0 Å². The average molecular weight is 264 g/mol. The van der Waals surface area contributed by atoms with E-state index in [1.165, 1.54) is 11.9 Å². The molecule has 1 heterocycles. The van der Waals surface area contributed by atoms with E-state index in [0.717, 1.165) is 18.8 Å². The van der Waals surface area contributed by atoms with Crippen LogP contribution >= 0.6 is 0 Å². The SMILES string of the molecule is CC(C)(C)C1CC=C(B2OC(C)(C)C(C)(C)O2)CC1. The zero-order valence-electron chi connectivity index (χ0n) is 13.7. The van der Waals surface area contributed by atoms with E-state index in [1.807, 2.05) is 0 Å². The Hall–Kier alpha value is -0.275. The van der Waals surface area contributed by atoms with Gasteiger partial charge in [-0.25, -0.2) is 0 Å². The van der Waals surface area contributed by atoms with Crippen molar-refractivity contribution < 1.29 is 9.31 Å². The summed E-state index contributed by atoms with van der Waals surface area (Å²) >= 11 is 0. The van der Waals surface area contributed by atoms with Crippen LogP contribution in [0.5, 0.6) is 0 Å². The number of hydrogen-bond acceptors (Lipinski definition) is 2. The van der Waals surface area contributed by atoms with E-state index in [-0.39, 0.29) is 18.3 Å². The highest BCUT2D eigenvalue weighted by Gasteiger charge is 2.52. The third-order valence-corrected chi connectivity index (χ3v) is 5.23. The predicted molar refractivity (Wildman–Crippen MR) is 81.0 cm³/mol. The monoisotopic (exact) mass is 264 g/mol. The molecule has 1 fully saturated rings. The Morgan fingerprint density at radius 3 is 2.00 bits per heavy atom. The minimum atomic E-state index is -0.223. The minimum absolute atomic E-state index is 0.133. The zero-order valence-corrected chi connectivity index (χ0v) is 13.7. The number of allylic oxidation sites excluding steroid dienone is 2. The Kier molecular flexibility index (Phi) is 3.68. The van der Waals surface area contributed by atoms with Crippen molar-refractivity contribution in [1.29, 1.82) is 0 Å². The molecule has 0 radical (unpaired) electrons. The molecule has 1 aliphatic heterocycles. The molecule has 1 aliphatic carbocycles. The summed E-state index contributed by atoms with van der Waals surface area (Å²) in [5.74, 6) is 0.777. The van der Waals surface area contributed by atoms with Crippen LogP contribution < -0.4 is 0 Å². The lowest BCUT2D eigenvalue weighted by Crippen LogP contribution is -2.41. The van der Waals surface area contributed by atoms with Crippen molar-refractivity contribution in [2.45, 2.75) is 78.9 Å². The first kappa shape index (κ1) is 15.1. The molecule has 108 valence electrons. The Labute approximate surface area is 119 Å². The van der Waals surface area contributed by atoms with Gasteiger partial charge in [0.15, 0.2) is 0 Å². The van der Waals surface area contributed by atoms with E-state index < -0.39 is 0 Å². The Morgan fingerprint density at radius 2 is 1.63 bits per heavy atom. The molecule has 2 aliphatic rings. The quantitative estimate of drug-likeness (QED) is 0.654. The second-order valence-electron chi connectivity index (χ2n) is 8.20. The fraction of sp³-hybridized carbons (Fsp3) is 0.875. The van der Waals surface area contributed by atoms with Gasteiger partial charge in [0.25, 0.3) is 0 Å². The summed E-state index contributed by atoms with van der Waals surface area (Å²) in [6, 6.07) is 0. The van der Waals surface area contributed by atoms with Gasteiger partial charge in [-0.3, -0.25) is 0 Å². The van der Waals surface area contributed by atoms with Gasteiger partial charge in [0, 0.05) is 0 Å². The Morgan fingerprint density at radius 1 is 1.11 bits per heavy atom. The maximum Gasteiger partial charge on any atom is 0.490 e. The molecule has 1 atom stereocenters. The molecule has 0 N–H and O–H groups in total. The van der Waals surface area contributed by atoms with Crippen LogP contribution in [0, 0.1) is 11.3 Å². The van der Waals surface area contributed by atoms with Crippen LogP contribution in [0.3, 0.4) is 0 Å². The minimum Gasteiger partial charge on any atom is -0.400 e. The van der Waals surface area contributed by atoms with Crippen molar-refractivity contribution in [3.8, 4) is 0 Å². The average Bonchev–Trinajstić information content (AvgIpc) is 2.47. The first-order valence-electron chi connectivity index (χ1n) is 7.57. The lowest BCUT2D eigenvalue weighted by Gasteiger charge is -2.33. The normalized spacial score (nSPS) is 30.4. The van der Waals surface area contributed by atoms with Gasteiger partial charge in [-0.2, -0.15) is 0 Å². The summed E-state index contributed by atoms with van der Waals surface area (Å²) in [6.07, 6.45) is 5.88. The van der Waals surface area contributed by atoms with Gasteiger partial charge in [0.05, 0.1) is 11.2 Å². The first-order valence-corrected chi connectivity index (χ1v) is 7.57. The molecule has 0 amide bonds. The molecule has 0 saturated carbocycles. The Bertz CT molecular complexity index is 361. The first-order chi connectivity index (χ1) is 8.53. The summed E-state index contributed by atoms with van der Waals surface area (Å²) in [5, 5.41) is 0. The molecular formula is C16H29BO2. The van der Waals surface area contributed by atoms with E-state index in [1.54, 1.807) is 0 Å². The van der Waals surface area contributed by atoms with Crippen LogP contribution in [-0.4, -0.2) is 18.3 Å². The van der Waals surface area contributed by atoms with Crippen LogP contribution in [0.15, 0.2) is 11.5 Å². The van der Waals surface area contributed by atoms with Crippen LogP contribution in [0.25, 0.3) is 0 Å². The summed E-state index contributed by atoms with van der Waals surface area (Å²) < 4.78 is 12.3. The van der Waals surface area contributed by atoms with E-state index >= 15 is 0 Å². The summed E-state index contributed by atoms with van der Waals surface area (Å²) in [5.41, 5.74) is 1.30. The summed E-state index contributed by atoms with van der Waals surface area (Å²) in [7, 11) is -0.133. The molecule has 2 nitrogen and oxygen atoms in total. The molecule has 0 aromatic rings. The van der Waals surface area contributed by atoms with Crippen molar-refractivity contribution in [2.24, 2.45) is 11.3 Å². The molecule has 0 aromatic carbocycles. The molecular weight excluding hydrogens is 235 g/mol. The van der Waals surface area contributed by atoms with Crippen molar-refractivity contribution in [3.63, 3.8) is 0 Å². The standard InChI is InChI=1S/C16H29BO2/c1-14(2,3)12-8-10-13(11-9-12)17-18-15(4,5)16(6,7)19-17/h10,12H,8-9,11H2,1-7H3. The van der Waals surface area contributed by atoms with Crippen LogP contribution in [0.4, 0.5) is 0 Å². The van der Waals surface area contributed by atoms with Gasteiger partial charge in [-0.1, -0.05) is 26.8 Å². The summed E-state index contributed by atoms with van der Waals surface area (Å²) in [4.78, 5) is 0. The van der Waals surface area contributed by atoms with Gasteiger partial charge < -0.3 is 9.31 Å². The number of rotatable bonds is 1. The van der Waals surface area contributed by atoms with Crippen LogP contribution in [0.1, 0.15) is 67.7 Å². The molecule has 1 saturated heterocycles. The number of hydrogen-bond donors (Lipinski definition) is 0. The zero-order chi connectivity index (χ0) is 14.5. The molecule has 3 heteroatoms. The second kappa shape index (κ2) is 4.63. The molecule has 2 rings (SSSR count). The van der Waals surface area contributed by atoms with Gasteiger partial charge >= 0.3 is 7.12 Å². The van der Waals surface area contributed by atoms with Gasteiger partial charge in [0.1, 0.15) is 0 Å². The highest BCUT2D eigenvalue weighted by atomic mass is 16.7. The molecule has 0 spiro atoms. The highest BCUT2D eigenvalue weighted by Crippen LogP contribution is 2.42. The van der Waals surface area contributed by atoms with Crippen LogP contribution in [0.2, 0.25) is 0 Å². The van der Waals surface area contributed by atoms with Crippen molar-refractivity contribution in [2.75, 3.05) is 0 Å². The molecule has 0 bridgehead atoms. The van der Waals surface area contributed by atoms with Crippen molar-refractivity contribution in [1.82, 2.24) is 0 Å². The van der Waals surface area contributed by atoms with Crippen LogP contribution in [-0.2, 0) is 9.31 Å².